The Bertz CT molecular complexity index is 915. The Balaban J connectivity index is 1.75. The first-order valence-electron chi connectivity index (χ1n) is 15.4. The van der Waals surface area contributed by atoms with E-state index < -0.39 is 7.92 Å². The summed E-state index contributed by atoms with van der Waals surface area (Å²) < 4.78 is 0. The zero-order valence-corrected chi connectivity index (χ0v) is 24.7. The molecule has 0 N–H and O–H groups in total. The summed E-state index contributed by atoms with van der Waals surface area (Å²) in [5, 5.41) is 4.62. The fourth-order valence-corrected chi connectivity index (χ4v) is 8.11. The van der Waals surface area contributed by atoms with E-state index in [0.29, 0.717) is 0 Å². The molecule has 1 heteroatoms. The van der Waals surface area contributed by atoms with Gasteiger partial charge in [-0.05, 0) is 60.6 Å². The van der Waals surface area contributed by atoms with Crippen molar-refractivity contribution in [3.63, 3.8) is 0 Å². The second-order valence-corrected chi connectivity index (χ2v) is 12.8. The molecule has 0 heterocycles. The third-order valence-corrected chi connectivity index (χ3v) is 10.2. The van der Waals surface area contributed by atoms with Crippen molar-refractivity contribution in [2.75, 3.05) is 0 Å². The van der Waals surface area contributed by atoms with Crippen LogP contribution in [0.25, 0.3) is 0 Å². The highest BCUT2D eigenvalue weighted by Crippen LogP contribution is 2.36. The molecule has 200 valence electrons. The average Bonchev–Trinajstić information content (AvgIpc) is 2.94. The minimum absolute atomic E-state index is 0.553. The fourth-order valence-electron chi connectivity index (χ4n) is 5.41. The minimum atomic E-state index is -0.553. The summed E-state index contributed by atoms with van der Waals surface area (Å²) >= 11 is 0. The summed E-state index contributed by atoms with van der Waals surface area (Å²) in [7, 11) is -0.553. The Morgan fingerprint density at radius 2 is 0.784 bits per heavy atom. The van der Waals surface area contributed by atoms with Crippen LogP contribution in [0.2, 0.25) is 0 Å². The van der Waals surface area contributed by atoms with Gasteiger partial charge in [-0.2, -0.15) is 0 Å². The van der Waals surface area contributed by atoms with E-state index in [0.717, 1.165) is 0 Å². The van der Waals surface area contributed by atoms with Crippen LogP contribution in [0.1, 0.15) is 115 Å². The first-order chi connectivity index (χ1) is 18.3. The van der Waals surface area contributed by atoms with Gasteiger partial charge < -0.3 is 0 Å². The van der Waals surface area contributed by atoms with Gasteiger partial charge in [0.15, 0.2) is 0 Å². The molecular weight excluding hydrogens is 463 g/mol. The molecule has 0 radical (unpaired) electrons. The van der Waals surface area contributed by atoms with E-state index in [-0.39, 0.29) is 0 Å². The topological polar surface area (TPSA) is 0 Å². The molecule has 3 rings (SSSR count). The highest BCUT2D eigenvalue weighted by atomic mass is 31.1. The molecule has 0 unspecified atom stereocenters. The quantitative estimate of drug-likeness (QED) is 0.110. The number of hydrogen-bond acceptors (Lipinski definition) is 0. The molecule has 0 amide bonds. The van der Waals surface area contributed by atoms with E-state index in [4.69, 9.17) is 0 Å². The van der Waals surface area contributed by atoms with Crippen LogP contribution in [0.5, 0.6) is 0 Å². The highest BCUT2D eigenvalue weighted by molar-refractivity contribution is 7.80. The van der Waals surface area contributed by atoms with Crippen LogP contribution in [0.15, 0.2) is 78.9 Å². The molecule has 0 fully saturated rings. The average molecular weight is 515 g/mol. The molecule has 0 bridgehead atoms. The van der Waals surface area contributed by atoms with Crippen LogP contribution in [0, 0.1) is 0 Å². The van der Waals surface area contributed by atoms with Crippen molar-refractivity contribution in [1.82, 2.24) is 0 Å². The summed E-state index contributed by atoms with van der Waals surface area (Å²) in [6.07, 6.45) is 21.6. The van der Waals surface area contributed by atoms with E-state index >= 15 is 0 Å². The van der Waals surface area contributed by atoms with Crippen molar-refractivity contribution in [3.8, 4) is 0 Å². The third kappa shape index (κ3) is 10.4. The van der Waals surface area contributed by atoms with Crippen LogP contribution in [0.4, 0.5) is 0 Å². The molecule has 0 aliphatic carbocycles. The van der Waals surface area contributed by atoms with Gasteiger partial charge in [0, 0.05) is 0 Å². The second-order valence-electron chi connectivity index (χ2n) is 10.7. The van der Waals surface area contributed by atoms with Crippen molar-refractivity contribution in [2.45, 2.75) is 117 Å². The lowest BCUT2D eigenvalue weighted by Gasteiger charge is -2.25. The summed E-state index contributed by atoms with van der Waals surface area (Å²) in [5.41, 5.74) is 3.13. The van der Waals surface area contributed by atoms with Crippen LogP contribution in [-0.2, 0) is 12.8 Å². The first kappa shape index (κ1) is 29.6. The van der Waals surface area contributed by atoms with E-state index in [1.165, 1.54) is 108 Å². The largest absolute Gasteiger partial charge is 0.0654 e. The van der Waals surface area contributed by atoms with Crippen molar-refractivity contribution >= 4 is 23.8 Å². The van der Waals surface area contributed by atoms with E-state index in [1.54, 1.807) is 21.7 Å². The Kier molecular flexibility index (Phi) is 14.7. The van der Waals surface area contributed by atoms with Crippen molar-refractivity contribution in [2.24, 2.45) is 0 Å². The molecule has 37 heavy (non-hydrogen) atoms. The number of aryl methyl sites for hydroxylation is 2. The molecule has 3 aromatic rings. The van der Waals surface area contributed by atoms with Gasteiger partial charge in [0.2, 0.25) is 0 Å². The van der Waals surface area contributed by atoms with Gasteiger partial charge in [-0.1, -0.05) is 170 Å². The molecule has 0 aromatic heterocycles. The zero-order chi connectivity index (χ0) is 26.0. The van der Waals surface area contributed by atoms with E-state index in [1.807, 2.05) is 0 Å². The second kappa shape index (κ2) is 18.4. The van der Waals surface area contributed by atoms with Gasteiger partial charge >= 0.3 is 0 Å². The molecule has 0 aliphatic rings. The molecule has 3 aromatic carbocycles. The lowest BCUT2D eigenvalue weighted by atomic mass is 10.0. The minimum Gasteiger partial charge on any atom is -0.0654 e. The van der Waals surface area contributed by atoms with Crippen molar-refractivity contribution in [1.29, 1.82) is 0 Å². The number of rotatable bonds is 19. The van der Waals surface area contributed by atoms with Gasteiger partial charge in [0.25, 0.3) is 0 Å². The van der Waals surface area contributed by atoms with Crippen LogP contribution in [-0.4, -0.2) is 0 Å². The maximum atomic E-state index is 2.43. The molecule has 0 spiro atoms. The lowest BCUT2D eigenvalue weighted by Crippen LogP contribution is -2.25. The first-order valence-corrected chi connectivity index (χ1v) is 16.7. The van der Waals surface area contributed by atoms with E-state index in [2.05, 4.69) is 92.7 Å². The van der Waals surface area contributed by atoms with Crippen LogP contribution < -0.4 is 15.9 Å². The molecule has 0 aliphatic heterocycles. The van der Waals surface area contributed by atoms with Crippen molar-refractivity contribution < 1.29 is 0 Å². The monoisotopic (exact) mass is 514 g/mol. The number of benzene rings is 3. The Hall–Kier alpha value is -1.91. The summed E-state index contributed by atoms with van der Waals surface area (Å²) in [4.78, 5) is 0. The summed E-state index contributed by atoms with van der Waals surface area (Å²) in [5.74, 6) is 0. The van der Waals surface area contributed by atoms with Gasteiger partial charge in [-0.25, -0.2) is 0 Å². The maximum absolute atomic E-state index is 2.43. The standard InChI is InChI=1S/C36H51P/c1-3-5-7-9-11-13-16-24-32-26-20-22-30-35(32)37(34-28-18-15-19-29-34)36-31-23-21-27-33(36)25-17-14-12-10-8-6-4-2/h15,18-23,26-31H,3-14,16-17,24-25H2,1-2H3. The van der Waals surface area contributed by atoms with Gasteiger partial charge in [0.05, 0.1) is 0 Å². The smallest absolute Gasteiger partial charge is 0.0119 e. The molecule has 0 saturated carbocycles. The predicted molar refractivity (Wildman–Crippen MR) is 169 cm³/mol. The highest BCUT2D eigenvalue weighted by Gasteiger charge is 2.21. The summed E-state index contributed by atoms with van der Waals surface area (Å²) in [6.45, 7) is 4.60. The van der Waals surface area contributed by atoms with Crippen LogP contribution in [0.3, 0.4) is 0 Å². The summed E-state index contributed by atoms with van der Waals surface area (Å²) in [6, 6.07) is 30.0. The maximum Gasteiger partial charge on any atom is -0.0119 e. The SMILES string of the molecule is CCCCCCCCCc1ccccc1P(c1ccccc1)c1ccccc1CCCCCCCCC. The fraction of sp³-hybridized carbons (Fsp3) is 0.500. The third-order valence-electron chi connectivity index (χ3n) is 7.58. The molecule has 0 saturated heterocycles. The van der Waals surface area contributed by atoms with E-state index in [9.17, 15) is 0 Å². The Morgan fingerprint density at radius 1 is 0.405 bits per heavy atom. The molecule has 0 nitrogen and oxygen atoms in total. The number of unbranched alkanes of at least 4 members (excludes halogenated alkanes) is 12. The zero-order valence-electron chi connectivity index (χ0n) is 23.8. The predicted octanol–water partition coefficient (Wildman–Crippen LogP) is 10.0. The normalized spacial score (nSPS) is 11.3. The Labute approximate surface area is 230 Å². The van der Waals surface area contributed by atoms with Gasteiger partial charge in [-0.3, -0.25) is 0 Å². The lowest BCUT2D eigenvalue weighted by molar-refractivity contribution is 0.589. The van der Waals surface area contributed by atoms with Gasteiger partial charge in [-0.15, -0.1) is 0 Å². The molecular formula is C36H51P. The number of hydrogen-bond donors (Lipinski definition) is 0. The van der Waals surface area contributed by atoms with Gasteiger partial charge in [0.1, 0.15) is 0 Å². The molecule has 0 atom stereocenters. The van der Waals surface area contributed by atoms with Crippen molar-refractivity contribution in [3.05, 3.63) is 90.0 Å². The van der Waals surface area contributed by atoms with Crippen LogP contribution >= 0.6 is 7.92 Å². The Morgan fingerprint density at radius 3 is 1.24 bits per heavy atom.